The van der Waals surface area contributed by atoms with E-state index in [1.165, 1.54) is 0 Å². The topological polar surface area (TPSA) is 92.0 Å². The number of nitrogens with zero attached hydrogens (tertiary/aromatic N) is 1. The Kier molecular flexibility index (Phi) is 3.90. The summed E-state index contributed by atoms with van der Waals surface area (Å²) in [7, 11) is 0. The molecule has 106 valence electrons. The predicted octanol–water partition coefficient (Wildman–Crippen LogP) is 1.59. The second kappa shape index (κ2) is 5.46. The molecule has 0 aliphatic heterocycles. The van der Waals surface area contributed by atoms with Crippen LogP contribution in [0.5, 0.6) is 0 Å². The van der Waals surface area contributed by atoms with Crippen molar-refractivity contribution in [1.29, 1.82) is 0 Å². The summed E-state index contributed by atoms with van der Waals surface area (Å²) in [4.78, 5) is 19.0. The zero-order chi connectivity index (χ0) is 14.8. The van der Waals surface area contributed by atoms with Crippen molar-refractivity contribution in [3.05, 3.63) is 53.1 Å². The number of H-pyrrole nitrogens is 1. The van der Waals surface area contributed by atoms with Gasteiger partial charge in [0, 0.05) is 18.5 Å². The first-order valence-electron chi connectivity index (χ1n) is 6.49. The lowest BCUT2D eigenvalue weighted by Gasteiger charge is -2.23. The number of hydrogen-bond acceptors (Lipinski definition) is 3. The zero-order valence-electron chi connectivity index (χ0n) is 11.7. The molecular formula is C15H19N3O2. The fourth-order valence-corrected chi connectivity index (χ4v) is 2.18. The van der Waals surface area contributed by atoms with Crippen LogP contribution in [0.1, 0.15) is 22.8 Å². The lowest BCUT2D eigenvalue weighted by molar-refractivity contribution is -0.143. The highest BCUT2D eigenvalue weighted by Gasteiger charge is 2.35. The van der Waals surface area contributed by atoms with Gasteiger partial charge in [-0.2, -0.15) is 0 Å². The van der Waals surface area contributed by atoms with E-state index in [4.69, 9.17) is 5.73 Å². The predicted molar refractivity (Wildman–Crippen MR) is 76.5 cm³/mol. The van der Waals surface area contributed by atoms with Crippen molar-refractivity contribution in [3.63, 3.8) is 0 Å². The van der Waals surface area contributed by atoms with Crippen LogP contribution in [0.2, 0.25) is 0 Å². The molecule has 0 bridgehead atoms. The Morgan fingerprint density at radius 3 is 2.45 bits per heavy atom. The number of nitrogens with two attached hydrogens (primary N) is 1. The molecule has 1 heterocycles. The zero-order valence-corrected chi connectivity index (χ0v) is 11.7. The van der Waals surface area contributed by atoms with Gasteiger partial charge < -0.3 is 15.8 Å². The monoisotopic (exact) mass is 273 g/mol. The third-order valence-corrected chi connectivity index (χ3v) is 3.45. The number of nitrogens with one attached hydrogen (secondary N) is 1. The maximum Gasteiger partial charge on any atom is 0.324 e. The van der Waals surface area contributed by atoms with Crippen LogP contribution in [0.15, 0.2) is 30.3 Å². The molecule has 1 aromatic carbocycles. The van der Waals surface area contributed by atoms with E-state index >= 15 is 0 Å². The summed E-state index contributed by atoms with van der Waals surface area (Å²) in [5.41, 5.74) is 7.45. The summed E-state index contributed by atoms with van der Waals surface area (Å²) >= 11 is 0. The highest BCUT2D eigenvalue weighted by molar-refractivity contribution is 5.79. The Morgan fingerprint density at radius 1 is 1.30 bits per heavy atom. The largest absolute Gasteiger partial charge is 0.480 e. The summed E-state index contributed by atoms with van der Waals surface area (Å²) in [6.07, 6.45) is 0.438. The number of aromatic amines is 1. The van der Waals surface area contributed by atoms with Gasteiger partial charge in [0.25, 0.3) is 0 Å². The normalized spacial score (nSPS) is 13.9. The van der Waals surface area contributed by atoms with E-state index in [9.17, 15) is 9.90 Å². The molecule has 5 nitrogen and oxygen atoms in total. The number of imidazole rings is 1. The fraction of sp³-hybridized carbons (Fsp3) is 0.333. The van der Waals surface area contributed by atoms with E-state index in [0.29, 0.717) is 5.82 Å². The van der Waals surface area contributed by atoms with Gasteiger partial charge in [0.05, 0.1) is 5.69 Å². The Morgan fingerprint density at radius 2 is 1.95 bits per heavy atom. The van der Waals surface area contributed by atoms with Crippen LogP contribution < -0.4 is 5.73 Å². The number of hydrogen-bond donors (Lipinski definition) is 3. The van der Waals surface area contributed by atoms with Crippen molar-refractivity contribution in [2.45, 2.75) is 32.2 Å². The molecule has 2 aromatic rings. The average molecular weight is 273 g/mol. The molecule has 0 radical (unpaired) electrons. The van der Waals surface area contributed by atoms with E-state index in [0.717, 1.165) is 17.0 Å². The SMILES string of the molecule is Cc1nc(CC(N)(Cc2ccccc2)C(=O)O)[nH]c1C. The maximum absolute atomic E-state index is 11.6. The number of aliphatic carboxylic acids is 1. The summed E-state index contributed by atoms with van der Waals surface area (Å²) in [6, 6.07) is 9.39. The van der Waals surface area contributed by atoms with Crippen LogP contribution >= 0.6 is 0 Å². The number of carboxylic acid groups (broad SMARTS) is 1. The van der Waals surface area contributed by atoms with Gasteiger partial charge in [-0.1, -0.05) is 30.3 Å². The quantitative estimate of drug-likeness (QED) is 0.771. The molecule has 4 N–H and O–H groups in total. The van der Waals surface area contributed by atoms with Crippen LogP contribution in [0.3, 0.4) is 0 Å². The molecule has 0 aliphatic carbocycles. The van der Waals surface area contributed by atoms with Crippen molar-refractivity contribution in [2.24, 2.45) is 5.73 Å². The van der Waals surface area contributed by atoms with E-state index < -0.39 is 11.5 Å². The third-order valence-electron chi connectivity index (χ3n) is 3.45. The standard InChI is InChI=1S/C15H19N3O2/c1-10-11(2)18-13(17-10)9-15(16,14(19)20)8-12-6-4-3-5-7-12/h3-7H,8-9,16H2,1-2H3,(H,17,18)(H,19,20). The molecule has 0 amide bonds. The molecule has 0 spiro atoms. The molecular weight excluding hydrogens is 254 g/mol. The van der Waals surface area contributed by atoms with Crippen molar-refractivity contribution in [2.75, 3.05) is 0 Å². The summed E-state index contributed by atoms with van der Waals surface area (Å²) < 4.78 is 0. The summed E-state index contributed by atoms with van der Waals surface area (Å²) in [5, 5.41) is 9.46. The second-order valence-electron chi connectivity index (χ2n) is 5.19. The van der Waals surface area contributed by atoms with E-state index in [2.05, 4.69) is 9.97 Å². The van der Waals surface area contributed by atoms with E-state index in [1.54, 1.807) is 0 Å². The average Bonchev–Trinajstić information content (AvgIpc) is 2.68. The molecule has 2 rings (SSSR count). The Labute approximate surface area is 117 Å². The molecule has 0 fully saturated rings. The maximum atomic E-state index is 11.6. The Hall–Kier alpha value is -2.14. The molecule has 0 saturated carbocycles. The number of benzene rings is 1. The lowest BCUT2D eigenvalue weighted by atomic mass is 9.88. The van der Waals surface area contributed by atoms with Crippen LogP contribution in [0.25, 0.3) is 0 Å². The van der Waals surface area contributed by atoms with Crippen LogP contribution in [-0.2, 0) is 17.6 Å². The van der Waals surface area contributed by atoms with Crippen molar-refractivity contribution < 1.29 is 9.90 Å². The van der Waals surface area contributed by atoms with Crippen LogP contribution in [0, 0.1) is 13.8 Å². The Bertz CT molecular complexity index is 587. The highest BCUT2D eigenvalue weighted by Crippen LogP contribution is 2.17. The van der Waals surface area contributed by atoms with Gasteiger partial charge in [-0.3, -0.25) is 4.79 Å². The molecule has 20 heavy (non-hydrogen) atoms. The van der Waals surface area contributed by atoms with E-state index in [1.807, 2.05) is 44.2 Å². The van der Waals surface area contributed by atoms with Gasteiger partial charge >= 0.3 is 5.97 Å². The minimum Gasteiger partial charge on any atom is -0.480 e. The molecule has 5 heteroatoms. The Balaban J connectivity index is 2.23. The fourth-order valence-electron chi connectivity index (χ4n) is 2.18. The lowest BCUT2D eigenvalue weighted by Crippen LogP contribution is -2.52. The first-order valence-corrected chi connectivity index (χ1v) is 6.49. The number of rotatable bonds is 5. The number of carbonyl (C=O) groups is 1. The van der Waals surface area contributed by atoms with Gasteiger partial charge in [0.1, 0.15) is 11.4 Å². The van der Waals surface area contributed by atoms with Gasteiger partial charge in [-0.05, 0) is 19.4 Å². The number of aromatic nitrogens is 2. The summed E-state index contributed by atoms with van der Waals surface area (Å²) in [6.45, 7) is 3.79. The van der Waals surface area contributed by atoms with Crippen LogP contribution in [0.4, 0.5) is 0 Å². The molecule has 1 aromatic heterocycles. The molecule has 0 saturated heterocycles. The summed E-state index contributed by atoms with van der Waals surface area (Å²) in [5.74, 6) is -0.408. The van der Waals surface area contributed by atoms with Gasteiger partial charge in [0.15, 0.2) is 0 Å². The minimum absolute atomic E-state index is 0.173. The van der Waals surface area contributed by atoms with Crippen molar-refractivity contribution in [3.8, 4) is 0 Å². The second-order valence-corrected chi connectivity index (χ2v) is 5.19. The molecule has 0 aliphatic rings. The van der Waals surface area contributed by atoms with Gasteiger partial charge in [-0.25, -0.2) is 4.98 Å². The number of carboxylic acids is 1. The van der Waals surface area contributed by atoms with Crippen LogP contribution in [-0.4, -0.2) is 26.6 Å². The first kappa shape index (κ1) is 14.3. The minimum atomic E-state index is -1.36. The smallest absolute Gasteiger partial charge is 0.324 e. The molecule has 1 unspecified atom stereocenters. The van der Waals surface area contributed by atoms with Gasteiger partial charge in [0.2, 0.25) is 0 Å². The van der Waals surface area contributed by atoms with Crippen molar-refractivity contribution in [1.82, 2.24) is 9.97 Å². The molecule has 1 atom stereocenters. The van der Waals surface area contributed by atoms with Crippen molar-refractivity contribution >= 4 is 5.97 Å². The van der Waals surface area contributed by atoms with Gasteiger partial charge in [-0.15, -0.1) is 0 Å². The number of aryl methyl sites for hydroxylation is 2. The van der Waals surface area contributed by atoms with E-state index in [-0.39, 0.29) is 12.8 Å². The first-order chi connectivity index (χ1) is 9.40. The highest BCUT2D eigenvalue weighted by atomic mass is 16.4. The third kappa shape index (κ3) is 3.05.